The lowest BCUT2D eigenvalue weighted by atomic mass is 9.98. The first-order chi connectivity index (χ1) is 10.0. The third-order valence-corrected chi connectivity index (χ3v) is 4.14. The summed E-state index contributed by atoms with van der Waals surface area (Å²) in [6.07, 6.45) is 0.693. The molecule has 0 saturated heterocycles. The van der Waals surface area contributed by atoms with E-state index >= 15 is 0 Å². The van der Waals surface area contributed by atoms with E-state index in [1.165, 1.54) is 0 Å². The van der Waals surface area contributed by atoms with Crippen LogP contribution in [0.5, 0.6) is 11.5 Å². The lowest BCUT2D eigenvalue weighted by Crippen LogP contribution is -2.14. The zero-order chi connectivity index (χ0) is 15.4. The van der Waals surface area contributed by atoms with Gasteiger partial charge in [-0.15, -0.1) is 0 Å². The van der Waals surface area contributed by atoms with Crippen molar-refractivity contribution in [2.24, 2.45) is 5.73 Å². The summed E-state index contributed by atoms with van der Waals surface area (Å²) >= 11 is 9.34. The molecule has 2 aromatic rings. The molecule has 5 heteroatoms. The Hall–Kier alpha value is -1.23. The third kappa shape index (κ3) is 3.90. The predicted octanol–water partition coefficient (Wildman–Crippen LogP) is 4.36. The molecule has 2 aromatic carbocycles. The maximum Gasteiger partial charge on any atom is 0.133 e. The lowest BCUT2D eigenvalue weighted by molar-refractivity contribution is 0.393. The molecular formula is C16H17BrClNO2. The van der Waals surface area contributed by atoms with Gasteiger partial charge in [-0.2, -0.15) is 0 Å². The molecule has 0 saturated carbocycles. The van der Waals surface area contributed by atoms with Crippen LogP contribution in [0.4, 0.5) is 0 Å². The van der Waals surface area contributed by atoms with Crippen molar-refractivity contribution < 1.29 is 9.47 Å². The van der Waals surface area contributed by atoms with E-state index in [0.717, 1.165) is 32.1 Å². The summed E-state index contributed by atoms with van der Waals surface area (Å²) in [5, 5.41) is 0.718. The Balaban J connectivity index is 2.29. The average molecular weight is 371 g/mol. The van der Waals surface area contributed by atoms with Crippen molar-refractivity contribution in [3.63, 3.8) is 0 Å². The van der Waals surface area contributed by atoms with Gasteiger partial charge < -0.3 is 15.2 Å². The van der Waals surface area contributed by atoms with E-state index in [1.807, 2.05) is 36.4 Å². The molecule has 0 bridgehead atoms. The zero-order valence-electron chi connectivity index (χ0n) is 11.9. The molecule has 0 fully saturated rings. The van der Waals surface area contributed by atoms with Gasteiger partial charge in [0.1, 0.15) is 11.5 Å². The highest BCUT2D eigenvalue weighted by molar-refractivity contribution is 9.10. The summed E-state index contributed by atoms with van der Waals surface area (Å²) in [7, 11) is 3.26. The fraction of sp³-hybridized carbons (Fsp3) is 0.250. The standard InChI is InChI=1S/C16H17BrClNO2/c1-20-15-9-13(17)16(21-2)8-12(15)14(19)7-10-3-5-11(18)6-4-10/h3-6,8-9,14H,7,19H2,1-2H3. The van der Waals surface area contributed by atoms with Gasteiger partial charge in [0.05, 0.1) is 18.7 Å². The zero-order valence-corrected chi connectivity index (χ0v) is 14.2. The summed E-state index contributed by atoms with van der Waals surface area (Å²) in [6.45, 7) is 0. The van der Waals surface area contributed by atoms with Crippen molar-refractivity contribution in [2.45, 2.75) is 12.5 Å². The SMILES string of the molecule is COc1cc(C(N)Cc2ccc(Cl)cc2)c(OC)cc1Br. The van der Waals surface area contributed by atoms with Crippen LogP contribution in [0.2, 0.25) is 5.02 Å². The summed E-state index contributed by atoms with van der Waals surface area (Å²) in [6, 6.07) is 11.3. The first-order valence-electron chi connectivity index (χ1n) is 6.46. The largest absolute Gasteiger partial charge is 0.496 e. The minimum atomic E-state index is -0.192. The van der Waals surface area contributed by atoms with Gasteiger partial charge in [0.25, 0.3) is 0 Å². The van der Waals surface area contributed by atoms with Crippen molar-refractivity contribution in [2.75, 3.05) is 14.2 Å². The van der Waals surface area contributed by atoms with E-state index in [0.29, 0.717) is 6.42 Å². The van der Waals surface area contributed by atoms with E-state index < -0.39 is 0 Å². The predicted molar refractivity (Wildman–Crippen MR) is 89.3 cm³/mol. The van der Waals surface area contributed by atoms with Crippen LogP contribution in [0.15, 0.2) is 40.9 Å². The normalized spacial score (nSPS) is 12.0. The van der Waals surface area contributed by atoms with Gasteiger partial charge >= 0.3 is 0 Å². The number of nitrogens with two attached hydrogens (primary N) is 1. The molecule has 0 heterocycles. The number of rotatable bonds is 5. The van der Waals surface area contributed by atoms with Crippen LogP contribution in [0, 0.1) is 0 Å². The van der Waals surface area contributed by atoms with E-state index in [2.05, 4.69) is 15.9 Å². The molecule has 1 unspecified atom stereocenters. The summed E-state index contributed by atoms with van der Waals surface area (Å²) in [5.41, 5.74) is 8.36. The quantitative estimate of drug-likeness (QED) is 0.850. The molecule has 0 aliphatic heterocycles. The number of methoxy groups -OCH3 is 2. The van der Waals surface area contributed by atoms with Gasteiger partial charge in [-0.1, -0.05) is 23.7 Å². The number of hydrogen-bond acceptors (Lipinski definition) is 3. The first-order valence-corrected chi connectivity index (χ1v) is 7.63. The minimum Gasteiger partial charge on any atom is -0.496 e. The molecule has 0 aromatic heterocycles. The second kappa shape index (κ2) is 7.16. The Bertz CT molecular complexity index is 616. The van der Waals surface area contributed by atoms with Crippen LogP contribution < -0.4 is 15.2 Å². The van der Waals surface area contributed by atoms with Crippen LogP contribution in [-0.4, -0.2) is 14.2 Å². The molecule has 3 nitrogen and oxygen atoms in total. The van der Waals surface area contributed by atoms with Crippen molar-refractivity contribution in [1.29, 1.82) is 0 Å². The van der Waals surface area contributed by atoms with Gasteiger partial charge in [0.2, 0.25) is 0 Å². The Morgan fingerprint density at radius 2 is 1.71 bits per heavy atom. The van der Waals surface area contributed by atoms with Crippen molar-refractivity contribution in [1.82, 2.24) is 0 Å². The van der Waals surface area contributed by atoms with Crippen LogP contribution >= 0.6 is 27.5 Å². The fourth-order valence-corrected chi connectivity index (χ4v) is 2.77. The number of halogens is 2. The maximum absolute atomic E-state index is 6.33. The summed E-state index contributed by atoms with van der Waals surface area (Å²) in [4.78, 5) is 0. The molecule has 0 amide bonds. The van der Waals surface area contributed by atoms with Gasteiger partial charge in [0.15, 0.2) is 0 Å². The van der Waals surface area contributed by atoms with Crippen LogP contribution in [0.25, 0.3) is 0 Å². The van der Waals surface area contributed by atoms with Crippen LogP contribution in [-0.2, 0) is 6.42 Å². The molecule has 2 N–H and O–H groups in total. The molecule has 21 heavy (non-hydrogen) atoms. The highest BCUT2D eigenvalue weighted by Crippen LogP contribution is 2.36. The Morgan fingerprint density at radius 3 is 2.29 bits per heavy atom. The van der Waals surface area contributed by atoms with E-state index in [9.17, 15) is 0 Å². The first kappa shape index (κ1) is 16.1. The van der Waals surface area contributed by atoms with E-state index in [-0.39, 0.29) is 6.04 Å². The van der Waals surface area contributed by atoms with Crippen LogP contribution in [0.3, 0.4) is 0 Å². The minimum absolute atomic E-state index is 0.192. The van der Waals surface area contributed by atoms with Crippen LogP contribution in [0.1, 0.15) is 17.2 Å². The molecular weight excluding hydrogens is 354 g/mol. The Kier molecular flexibility index (Phi) is 5.51. The Labute approximate surface area is 138 Å². The van der Waals surface area contributed by atoms with Crippen molar-refractivity contribution in [3.8, 4) is 11.5 Å². The van der Waals surface area contributed by atoms with Gasteiger partial charge in [-0.25, -0.2) is 0 Å². The number of hydrogen-bond donors (Lipinski definition) is 1. The Morgan fingerprint density at radius 1 is 1.10 bits per heavy atom. The molecule has 0 aliphatic carbocycles. The average Bonchev–Trinajstić information content (AvgIpc) is 2.49. The highest BCUT2D eigenvalue weighted by Gasteiger charge is 2.16. The van der Waals surface area contributed by atoms with Crippen molar-refractivity contribution in [3.05, 3.63) is 57.0 Å². The number of ether oxygens (including phenoxy) is 2. The highest BCUT2D eigenvalue weighted by atomic mass is 79.9. The van der Waals surface area contributed by atoms with Gasteiger partial charge in [0, 0.05) is 16.6 Å². The third-order valence-electron chi connectivity index (χ3n) is 3.27. The molecule has 2 rings (SSSR count). The molecule has 1 atom stereocenters. The monoisotopic (exact) mass is 369 g/mol. The summed E-state index contributed by atoms with van der Waals surface area (Å²) < 4.78 is 11.6. The topological polar surface area (TPSA) is 44.5 Å². The molecule has 0 aliphatic rings. The molecule has 112 valence electrons. The second-order valence-electron chi connectivity index (χ2n) is 4.67. The lowest BCUT2D eigenvalue weighted by Gasteiger charge is -2.18. The molecule has 0 spiro atoms. The molecule has 0 radical (unpaired) electrons. The maximum atomic E-state index is 6.33. The van der Waals surface area contributed by atoms with Gasteiger partial charge in [-0.05, 0) is 52.2 Å². The summed E-state index contributed by atoms with van der Waals surface area (Å²) in [5.74, 6) is 1.47. The van der Waals surface area contributed by atoms with Gasteiger partial charge in [-0.3, -0.25) is 0 Å². The van der Waals surface area contributed by atoms with E-state index in [1.54, 1.807) is 14.2 Å². The smallest absolute Gasteiger partial charge is 0.133 e. The van der Waals surface area contributed by atoms with E-state index in [4.69, 9.17) is 26.8 Å². The number of benzene rings is 2. The fourth-order valence-electron chi connectivity index (χ4n) is 2.16. The second-order valence-corrected chi connectivity index (χ2v) is 5.96. The van der Waals surface area contributed by atoms with Crippen molar-refractivity contribution >= 4 is 27.5 Å².